The molecule has 3 aromatic rings. The molecule has 0 saturated carbocycles. The smallest absolute Gasteiger partial charge is 0.271 e. The number of para-hydroxylation sites is 1. The SMILES string of the molecule is COc1ccccc1N=Nc1sc(=S)n(-c2cccc([N+](=O)[O-])c2)c1O. The molecule has 2 aromatic carbocycles. The Labute approximate surface area is 156 Å². The minimum Gasteiger partial charge on any atom is -0.494 e. The first-order chi connectivity index (χ1) is 12.5. The number of nitro benzene ring substituents is 1. The van der Waals surface area contributed by atoms with Gasteiger partial charge in [0.2, 0.25) is 10.9 Å². The molecule has 0 amide bonds. The van der Waals surface area contributed by atoms with Crippen LogP contribution in [0.25, 0.3) is 5.69 Å². The third-order valence-electron chi connectivity index (χ3n) is 3.40. The molecule has 1 N–H and O–H groups in total. The van der Waals surface area contributed by atoms with Crippen LogP contribution in [0.2, 0.25) is 0 Å². The number of thiazole rings is 1. The lowest BCUT2D eigenvalue weighted by atomic mass is 10.3. The lowest BCUT2D eigenvalue weighted by Crippen LogP contribution is -1.95. The van der Waals surface area contributed by atoms with E-state index in [-0.39, 0.29) is 20.5 Å². The molecule has 132 valence electrons. The van der Waals surface area contributed by atoms with E-state index in [0.29, 0.717) is 17.1 Å². The van der Waals surface area contributed by atoms with Gasteiger partial charge in [-0.3, -0.25) is 14.7 Å². The Morgan fingerprint density at radius 1 is 1.23 bits per heavy atom. The van der Waals surface area contributed by atoms with Gasteiger partial charge in [0.25, 0.3) is 5.69 Å². The number of rotatable bonds is 5. The maximum Gasteiger partial charge on any atom is 0.271 e. The van der Waals surface area contributed by atoms with Gasteiger partial charge < -0.3 is 9.84 Å². The van der Waals surface area contributed by atoms with Crippen LogP contribution in [0.4, 0.5) is 16.4 Å². The van der Waals surface area contributed by atoms with Crippen LogP contribution in [-0.2, 0) is 0 Å². The van der Waals surface area contributed by atoms with Crippen LogP contribution in [0.3, 0.4) is 0 Å². The van der Waals surface area contributed by atoms with E-state index in [0.717, 1.165) is 11.3 Å². The maximum atomic E-state index is 10.9. The van der Waals surface area contributed by atoms with E-state index >= 15 is 0 Å². The van der Waals surface area contributed by atoms with Gasteiger partial charge in [-0.2, -0.15) is 0 Å². The molecule has 0 fully saturated rings. The van der Waals surface area contributed by atoms with Crippen molar-refractivity contribution in [2.45, 2.75) is 0 Å². The molecule has 10 heteroatoms. The number of nitro groups is 1. The molecule has 0 aliphatic heterocycles. The minimum atomic E-state index is -0.515. The molecular weight excluding hydrogens is 376 g/mol. The van der Waals surface area contributed by atoms with E-state index < -0.39 is 4.92 Å². The molecule has 26 heavy (non-hydrogen) atoms. The Bertz CT molecular complexity index is 1060. The molecule has 0 spiro atoms. The Morgan fingerprint density at radius 3 is 2.73 bits per heavy atom. The maximum absolute atomic E-state index is 10.9. The van der Waals surface area contributed by atoms with Crippen molar-refractivity contribution in [3.8, 4) is 17.3 Å². The fourth-order valence-corrected chi connectivity index (χ4v) is 3.35. The van der Waals surface area contributed by atoms with Crippen LogP contribution in [0, 0.1) is 14.1 Å². The Hall–Kier alpha value is -3.11. The summed E-state index contributed by atoms with van der Waals surface area (Å²) in [6.45, 7) is 0. The first kappa shape index (κ1) is 17.7. The Kier molecular flexibility index (Phi) is 5.05. The summed E-state index contributed by atoms with van der Waals surface area (Å²) in [5, 5.41) is 29.7. The molecule has 0 saturated heterocycles. The lowest BCUT2D eigenvalue weighted by Gasteiger charge is -2.04. The van der Waals surface area contributed by atoms with Crippen LogP contribution in [0.5, 0.6) is 11.6 Å². The summed E-state index contributed by atoms with van der Waals surface area (Å²) in [6.07, 6.45) is 0. The topological polar surface area (TPSA) is 102 Å². The van der Waals surface area contributed by atoms with Crippen molar-refractivity contribution in [3.63, 3.8) is 0 Å². The normalized spacial score (nSPS) is 11.0. The highest BCUT2D eigenvalue weighted by atomic mass is 32.1. The van der Waals surface area contributed by atoms with Crippen molar-refractivity contribution in [2.75, 3.05) is 7.11 Å². The summed E-state index contributed by atoms with van der Waals surface area (Å²) < 4.78 is 6.79. The van der Waals surface area contributed by atoms with Crippen molar-refractivity contribution in [1.29, 1.82) is 0 Å². The second kappa shape index (κ2) is 7.42. The number of non-ortho nitro benzene ring substituents is 1. The molecular formula is C16H12N4O4S2. The average Bonchev–Trinajstić information content (AvgIpc) is 2.93. The largest absolute Gasteiger partial charge is 0.494 e. The first-order valence-electron chi connectivity index (χ1n) is 7.25. The molecule has 0 aliphatic rings. The van der Waals surface area contributed by atoms with Crippen molar-refractivity contribution in [1.82, 2.24) is 4.57 Å². The van der Waals surface area contributed by atoms with Gasteiger partial charge in [-0.1, -0.05) is 29.5 Å². The molecule has 0 unspecified atom stereocenters. The number of aromatic hydroxyl groups is 1. The fraction of sp³-hybridized carbons (Fsp3) is 0.0625. The molecule has 0 bridgehead atoms. The quantitative estimate of drug-likeness (QED) is 0.276. The van der Waals surface area contributed by atoms with Gasteiger partial charge in [0.15, 0.2) is 3.95 Å². The van der Waals surface area contributed by atoms with Gasteiger partial charge in [0.05, 0.1) is 17.7 Å². The second-order valence-electron chi connectivity index (χ2n) is 4.98. The Balaban J connectivity index is 2.01. The van der Waals surface area contributed by atoms with Crippen LogP contribution in [0.15, 0.2) is 58.8 Å². The Morgan fingerprint density at radius 2 is 2.00 bits per heavy atom. The van der Waals surface area contributed by atoms with Crippen LogP contribution in [0.1, 0.15) is 0 Å². The number of hydrogen-bond acceptors (Lipinski definition) is 8. The van der Waals surface area contributed by atoms with E-state index in [4.69, 9.17) is 17.0 Å². The monoisotopic (exact) mass is 388 g/mol. The second-order valence-corrected chi connectivity index (χ2v) is 6.60. The summed E-state index contributed by atoms with van der Waals surface area (Å²) in [7, 11) is 1.52. The first-order valence-corrected chi connectivity index (χ1v) is 8.48. The van der Waals surface area contributed by atoms with Gasteiger partial charge in [-0.25, -0.2) is 0 Å². The zero-order valence-corrected chi connectivity index (χ0v) is 15.0. The number of hydrogen-bond donors (Lipinski definition) is 1. The lowest BCUT2D eigenvalue weighted by molar-refractivity contribution is -0.384. The number of azo groups is 1. The van der Waals surface area contributed by atoms with Gasteiger partial charge in [0.1, 0.15) is 11.4 Å². The number of aromatic nitrogens is 1. The zero-order chi connectivity index (χ0) is 18.7. The third-order valence-corrected chi connectivity index (χ3v) is 4.65. The number of nitrogens with zero attached hydrogens (tertiary/aromatic N) is 4. The zero-order valence-electron chi connectivity index (χ0n) is 13.4. The van der Waals surface area contributed by atoms with E-state index in [2.05, 4.69) is 10.2 Å². The van der Waals surface area contributed by atoms with Crippen molar-refractivity contribution >= 4 is 39.9 Å². The fourth-order valence-electron chi connectivity index (χ4n) is 2.21. The van der Waals surface area contributed by atoms with E-state index in [1.807, 2.05) is 0 Å². The predicted molar refractivity (Wildman–Crippen MR) is 100.0 cm³/mol. The summed E-state index contributed by atoms with van der Waals surface area (Å²) in [5.41, 5.74) is 0.763. The van der Waals surface area contributed by atoms with E-state index in [1.54, 1.807) is 30.3 Å². The molecule has 8 nitrogen and oxygen atoms in total. The molecule has 0 radical (unpaired) electrons. The highest BCUT2D eigenvalue weighted by Gasteiger charge is 2.16. The molecule has 0 atom stereocenters. The highest BCUT2D eigenvalue weighted by molar-refractivity contribution is 7.73. The van der Waals surface area contributed by atoms with Crippen LogP contribution >= 0.6 is 23.6 Å². The van der Waals surface area contributed by atoms with Crippen molar-refractivity contribution < 1.29 is 14.8 Å². The summed E-state index contributed by atoms with van der Waals surface area (Å²) in [4.78, 5) is 10.4. The van der Waals surface area contributed by atoms with Gasteiger partial charge in [0, 0.05) is 12.1 Å². The average molecular weight is 388 g/mol. The minimum absolute atomic E-state index is 0.104. The van der Waals surface area contributed by atoms with Crippen LogP contribution < -0.4 is 4.74 Å². The summed E-state index contributed by atoms with van der Waals surface area (Å²) in [5.74, 6) is 0.302. The molecule has 3 rings (SSSR count). The van der Waals surface area contributed by atoms with Gasteiger partial charge in [-0.15, -0.1) is 10.2 Å². The molecule has 0 aliphatic carbocycles. The molecule has 1 heterocycles. The van der Waals surface area contributed by atoms with Crippen molar-refractivity contribution in [3.05, 3.63) is 62.6 Å². The summed E-state index contributed by atoms with van der Waals surface area (Å²) >= 11 is 6.30. The van der Waals surface area contributed by atoms with E-state index in [9.17, 15) is 15.2 Å². The highest BCUT2D eigenvalue weighted by Crippen LogP contribution is 2.39. The molecule has 1 aromatic heterocycles. The number of methoxy groups -OCH3 is 1. The van der Waals surface area contributed by atoms with Gasteiger partial charge >= 0.3 is 0 Å². The van der Waals surface area contributed by atoms with Gasteiger partial charge in [-0.05, 0) is 30.4 Å². The predicted octanol–water partition coefficient (Wildman–Crippen LogP) is 5.31. The van der Waals surface area contributed by atoms with E-state index in [1.165, 1.54) is 29.9 Å². The van der Waals surface area contributed by atoms with Crippen molar-refractivity contribution in [2.24, 2.45) is 10.2 Å². The number of ether oxygens (including phenoxy) is 1. The third kappa shape index (κ3) is 3.46. The number of benzene rings is 2. The van der Waals surface area contributed by atoms with Crippen LogP contribution in [-0.4, -0.2) is 21.7 Å². The summed E-state index contributed by atoms with van der Waals surface area (Å²) in [6, 6.07) is 12.9. The standard InChI is InChI=1S/C16H12N4O4S2/c1-24-13-8-3-2-7-12(13)17-18-14-15(21)19(16(25)26-14)10-5-4-6-11(9-10)20(22)23/h2-9,21H,1H3.